The zero-order chi connectivity index (χ0) is 10.8. The molecule has 0 aliphatic heterocycles. The Morgan fingerprint density at radius 2 is 2.27 bits per heavy atom. The molecule has 0 radical (unpaired) electrons. The van der Waals surface area contributed by atoms with Gasteiger partial charge in [-0.15, -0.1) is 0 Å². The average Bonchev–Trinajstić information content (AvgIpc) is 3.04. The molecule has 1 aliphatic rings. The molecule has 0 unspecified atom stereocenters. The predicted octanol–water partition coefficient (Wildman–Crippen LogP) is 0.711. The number of H-pyrrole nitrogens is 1. The molecular weight excluding hydrogens is 190 g/mol. The molecule has 82 valence electrons. The van der Waals surface area contributed by atoms with Gasteiger partial charge in [-0.1, -0.05) is 6.92 Å². The van der Waals surface area contributed by atoms with Gasteiger partial charge < -0.3 is 10.7 Å². The molecule has 1 aromatic rings. The van der Waals surface area contributed by atoms with Crippen LogP contribution in [0.3, 0.4) is 0 Å². The Balaban J connectivity index is 2.41. The number of aromatic amines is 1. The van der Waals surface area contributed by atoms with Gasteiger partial charge in [0.05, 0.1) is 5.69 Å². The molecule has 0 bridgehead atoms. The number of nitrogens with zero attached hydrogens (tertiary/aromatic N) is 1. The van der Waals surface area contributed by atoms with Crippen LogP contribution in [-0.4, -0.2) is 16.5 Å². The molecule has 1 aromatic heterocycles. The quantitative estimate of drug-likeness (QED) is 0.763. The van der Waals surface area contributed by atoms with Gasteiger partial charge in [0.2, 0.25) is 0 Å². The first-order chi connectivity index (χ1) is 7.26. The van der Waals surface area contributed by atoms with Crippen LogP contribution in [0.15, 0.2) is 4.79 Å². The fraction of sp³-hybridized carbons (Fsp3) is 0.636. The van der Waals surface area contributed by atoms with Crippen LogP contribution in [0.2, 0.25) is 0 Å². The first kappa shape index (κ1) is 10.4. The third-order valence-corrected chi connectivity index (χ3v) is 2.81. The molecule has 4 nitrogen and oxygen atoms in total. The largest absolute Gasteiger partial charge is 0.330 e. The summed E-state index contributed by atoms with van der Waals surface area (Å²) >= 11 is 0. The molecule has 4 heteroatoms. The average molecular weight is 207 g/mol. The lowest BCUT2D eigenvalue weighted by atomic mass is 10.1. The Bertz CT molecular complexity index is 407. The summed E-state index contributed by atoms with van der Waals surface area (Å²) in [5.41, 5.74) is 7.18. The van der Waals surface area contributed by atoms with Crippen molar-refractivity contribution < 1.29 is 0 Å². The maximum atomic E-state index is 11.8. The Morgan fingerprint density at radius 3 is 2.80 bits per heavy atom. The van der Waals surface area contributed by atoms with Crippen molar-refractivity contribution in [1.29, 1.82) is 0 Å². The van der Waals surface area contributed by atoms with Crippen LogP contribution in [0.25, 0.3) is 0 Å². The first-order valence-corrected chi connectivity index (χ1v) is 5.58. The summed E-state index contributed by atoms with van der Waals surface area (Å²) in [6, 6.07) is 0. The summed E-state index contributed by atoms with van der Waals surface area (Å²) in [7, 11) is 0. The van der Waals surface area contributed by atoms with Crippen LogP contribution in [0.4, 0.5) is 0 Å². The van der Waals surface area contributed by atoms with E-state index in [-0.39, 0.29) is 5.56 Å². The van der Waals surface area contributed by atoms with Gasteiger partial charge in [0.15, 0.2) is 0 Å². The van der Waals surface area contributed by atoms with E-state index in [2.05, 4.69) is 9.97 Å². The minimum absolute atomic E-state index is 0.00852. The Morgan fingerprint density at radius 1 is 1.53 bits per heavy atom. The summed E-state index contributed by atoms with van der Waals surface area (Å²) in [6.45, 7) is 2.53. The normalized spacial score (nSPS) is 15.6. The van der Waals surface area contributed by atoms with Crippen molar-refractivity contribution in [2.75, 3.05) is 6.54 Å². The zero-order valence-corrected chi connectivity index (χ0v) is 9.05. The van der Waals surface area contributed by atoms with Crippen LogP contribution in [0.1, 0.15) is 42.8 Å². The maximum Gasteiger partial charge on any atom is 0.254 e. The van der Waals surface area contributed by atoms with E-state index in [9.17, 15) is 4.79 Å². The smallest absolute Gasteiger partial charge is 0.254 e. The molecule has 0 aromatic carbocycles. The van der Waals surface area contributed by atoms with Crippen molar-refractivity contribution in [1.82, 2.24) is 9.97 Å². The summed E-state index contributed by atoms with van der Waals surface area (Å²) in [5, 5.41) is 0. The van der Waals surface area contributed by atoms with Crippen molar-refractivity contribution in [2.45, 2.75) is 38.5 Å². The monoisotopic (exact) mass is 207 g/mol. The lowest BCUT2D eigenvalue weighted by molar-refractivity contribution is 0.811. The third-order valence-electron chi connectivity index (χ3n) is 2.81. The molecule has 0 atom stereocenters. The molecule has 0 amide bonds. The van der Waals surface area contributed by atoms with E-state index in [1.54, 1.807) is 0 Å². The number of aromatic nitrogens is 2. The molecule has 1 fully saturated rings. The lowest BCUT2D eigenvalue weighted by Crippen LogP contribution is -2.22. The van der Waals surface area contributed by atoms with E-state index >= 15 is 0 Å². The van der Waals surface area contributed by atoms with E-state index in [1.807, 2.05) is 6.92 Å². The van der Waals surface area contributed by atoms with Crippen molar-refractivity contribution in [3.8, 4) is 0 Å². The van der Waals surface area contributed by atoms with Crippen LogP contribution < -0.4 is 11.3 Å². The minimum Gasteiger partial charge on any atom is -0.330 e. The standard InChI is InChI=1S/C11H17N3O/c1-2-9-8(5-6-12)11(15)14-10(13-9)7-3-4-7/h7H,2-6,12H2,1H3,(H,13,14,15). The van der Waals surface area contributed by atoms with Gasteiger partial charge in [0.1, 0.15) is 5.82 Å². The highest BCUT2D eigenvalue weighted by Gasteiger charge is 2.27. The van der Waals surface area contributed by atoms with Gasteiger partial charge in [-0.05, 0) is 32.2 Å². The highest BCUT2D eigenvalue weighted by molar-refractivity contribution is 5.20. The van der Waals surface area contributed by atoms with Crippen LogP contribution in [0, 0.1) is 0 Å². The van der Waals surface area contributed by atoms with E-state index in [1.165, 1.54) is 0 Å². The number of hydrogen-bond acceptors (Lipinski definition) is 3. The van der Waals surface area contributed by atoms with E-state index in [0.29, 0.717) is 18.9 Å². The van der Waals surface area contributed by atoms with Gasteiger partial charge in [-0.3, -0.25) is 4.79 Å². The number of hydrogen-bond donors (Lipinski definition) is 2. The second-order valence-electron chi connectivity index (χ2n) is 4.04. The van der Waals surface area contributed by atoms with Gasteiger partial charge in [0.25, 0.3) is 5.56 Å². The number of rotatable bonds is 4. The van der Waals surface area contributed by atoms with Gasteiger partial charge in [0, 0.05) is 11.5 Å². The highest BCUT2D eigenvalue weighted by atomic mass is 16.1. The zero-order valence-electron chi connectivity index (χ0n) is 9.05. The Kier molecular flexibility index (Phi) is 2.86. The fourth-order valence-corrected chi connectivity index (χ4v) is 1.81. The number of aryl methyl sites for hydroxylation is 1. The topological polar surface area (TPSA) is 71.8 Å². The van der Waals surface area contributed by atoms with E-state index < -0.39 is 0 Å². The third kappa shape index (κ3) is 2.09. The minimum atomic E-state index is 0.00852. The molecule has 2 rings (SSSR count). The summed E-state index contributed by atoms with van der Waals surface area (Å²) in [4.78, 5) is 19.2. The molecule has 1 saturated carbocycles. The van der Waals surface area contributed by atoms with Crippen LogP contribution in [-0.2, 0) is 12.8 Å². The van der Waals surface area contributed by atoms with E-state index in [0.717, 1.165) is 36.3 Å². The summed E-state index contributed by atoms with van der Waals surface area (Å²) in [6.07, 6.45) is 3.74. The first-order valence-electron chi connectivity index (χ1n) is 5.58. The SMILES string of the molecule is CCc1nc(C2CC2)[nH]c(=O)c1CCN. The second kappa shape index (κ2) is 4.14. The molecule has 0 saturated heterocycles. The van der Waals surface area contributed by atoms with E-state index in [4.69, 9.17) is 5.73 Å². The van der Waals surface area contributed by atoms with Gasteiger partial charge in [-0.2, -0.15) is 0 Å². The Labute approximate surface area is 88.9 Å². The molecule has 15 heavy (non-hydrogen) atoms. The second-order valence-corrected chi connectivity index (χ2v) is 4.04. The van der Waals surface area contributed by atoms with Gasteiger partial charge >= 0.3 is 0 Å². The van der Waals surface area contributed by atoms with Crippen molar-refractivity contribution in [2.24, 2.45) is 5.73 Å². The molecule has 0 spiro atoms. The van der Waals surface area contributed by atoms with Crippen molar-refractivity contribution in [3.63, 3.8) is 0 Å². The maximum absolute atomic E-state index is 11.8. The molecule has 1 aliphatic carbocycles. The van der Waals surface area contributed by atoms with Crippen molar-refractivity contribution in [3.05, 3.63) is 27.4 Å². The Hall–Kier alpha value is -1.16. The molecule has 3 N–H and O–H groups in total. The van der Waals surface area contributed by atoms with Crippen LogP contribution in [0.5, 0.6) is 0 Å². The van der Waals surface area contributed by atoms with Crippen molar-refractivity contribution >= 4 is 0 Å². The number of nitrogens with two attached hydrogens (primary N) is 1. The summed E-state index contributed by atoms with van der Waals surface area (Å²) in [5.74, 6) is 1.37. The molecule has 1 heterocycles. The van der Waals surface area contributed by atoms with Crippen LogP contribution >= 0.6 is 0 Å². The highest BCUT2D eigenvalue weighted by Crippen LogP contribution is 2.37. The summed E-state index contributed by atoms with van der Waals surface area (Å²) < 4.78 is 0. The van der Waals surface area contributed by atoms with Gasteiger partial charge in [-0.25, -0.2) is 4.98 Å². The number of nitrogens with one attached hydrogen (secondary N) is 1. The predicted molar refractivity (Wildman–Crippen MR) is 59.0 cm³/mol. The fourth-order valence-electron chi connectivity index (χ4n) is 1.81. The lowest BCUT2D eigenvalue weighted by Gasteiger charge is -2.07. The molecular formula is C11H17N3O.